The molecule has 0 unspecified atom stereocenters. The first-order chi connectivity index (χ1) is 12.2. The number of carbonyl (C=O) groups is 1. The van der Waals surface area contributed by atoms with E-state index < -0.39 is 6.03 Å². The number of carbonyl (C=O) groups excluding carboxylic acids is 1. The lowest BCUT2D eigenvalue weighted by Gasteiger charge is -2.12. The molecule has 0 fully saturated rings. The quantitative estimate of drug-likeness (QED) is 0.761. The van der Waals surface area contributed by atoms with Crippen molar-refractivity contribution in [3.63, 3.8) is 0 Å². The molecule has 1 aromatic heterocycles. The number of benzene rings is 1. The Bertz CT molecular complexity index is 692. The predicted molar refractivity (Wildman–Crippen MR) is 94.6 cm³/mol. The van der Waals surface area contributed by atoms with Gasteiger partial charge in [0.05, 0.1) is 26.0 Å². The molecule has 2 rings (SSSR count). The third kappa shape index (κ3) is 5.52. The van der Waals surface area contributed by atoms with Crippen LogP contribution in [0.25, 0.3) is 0 Å². The van der Waals surface area contributed by atoms with Gasteiger partial charge in [-0.3, -0.25) is 0 Å². The highest BCUT2D eigenvalue weighted by molar-refractivity contribution is 6.00. The Balaban J connectivity index is 2.03. The summed E-state index contributed by atoms with van der Waals surface area (Å²) >= 11 is 0. The molecule has 1 aromatic carbocycles. The molecule has 0 bridgehead atoms. The Morgan fingerprint density at radius 1 is 0.960 bits per heavy atom. The minimum Gasteiger partial charge on any atom is -0.494 e. The fourth-order valence-electron chi connectivity index (χ4n) is 1.97. The molecule has 0 spiro atoms. The summed E-state index contributed by atoms with van der Waals surface area (Å²) in [6, 6.07) is 6.84. The third-order valence-electron chi connectivity index (χ3n) is 2.96. The molecular formula is C17H22N4O4. The highest BCUT2D eigenvalue weighted by Crippen LogP contribution is 2.23. The Hall–Kier alpha value is -3.03. The van der Waals surface area contributed by atoms with Crippen molar-refractivity contribution in [3.05, 3.63) is 30.5 Å². The van der Waals surface area contributed by atoms with Gasteiger partial charge in [0, 0.05) is 5.69 Å². The van der Waals surface area contributed by atoms with Crippen LogP contribution in [-0.4, -0.2) is 35.8 Å². The second-order valence-corrected chi connectivity index (χ2v) is 4.77. The molecule has 25 heavy (non-hydrogen) atoms. The molecule has 0 saturated carbocycles. The summed E-state index contributed by atoms with van der Waals surface area (Å²) in [7, 11) is 0. The van der Waals surface area contributed by atoms with Gasteiger partial charge in [-0.2, -0.15) is 4.98 Å². The lowest BCUT2D eigenvalue weighted by molar-refractivity contribution is 0.261. The first kappa shape index (κ1) is 18.3. The van der Waals surface area contributed by atoms with E-state index in [1.54, 1.807) is 24.3 Å². The number of anilines is 2. The van der Waals surface area contributed by atoms with Gasteiger partial charge in [-0.15, -0.1) is 0 Å². The molecule has 8 nitrogen and oxygen atoms in total. The second-order valence-electron chi connectivity index (χ2n) is 4.77. The van der Waals surface area contributed by atoms with Crippen LogP contribution in [0, 0.1) is 0 Å². The zero-order valence-electron chi connectivity index (χ0n) is 14.5. The van der Waals surface area contributed by atoms with E-state index in [-0.39, 0.29) is 11.9 Å². The van der Waals surface area contributed by atoms with Crippen LogP contribution in [-0.2, 0) is 0 Å². The number of hydrogen-bond donors (Lipinski definition) is 2. The van der Waals surface area contributed by atoms with Gasteiger partial charge in [0.1, 0.15) is 11.4 Å². The van der Waals surface area contributed by atoms with Crippen LogP contribution < -0.4 is 24.8 Å². The molecule has 0 aliphatic carbocycles. The predicted octanol–water partition coefficient (Wildman–Crippen LogP) is 3.32. The Kier molecular flexibility index (Phi) is 6.82. The monoisotopic (exact) mass is 346 g/mol. The molecule has 0 atom stereocenters. The summed E-state index contributed by atoms with van der Waals surface area (Å²) in [5.74, 6) is 0.995. The number of aromatic nitrogens is 2. The van der Waals surface area contributed by atoms with Crippen LogP contribution in [0.2, 0.25) is 0 Å². The highest BCUT2D eigenvalue weighted by Gasteiger charge is 2.12. The van der Waals surface area contributed by atoms with Crippen LogP contribution in [0.3, 0.4) is 0 Å². The lowest BCUT2D eigenvalue weighted by Crippen LogP contribution is -2.20. The van der Waals surface area contributed by atoms with E-state index in [1.807, 2.05) is 20.8 Å². The van der Waals surface area contributed by atoms with Crippen LogP contribution in [0.4, 0.5) is 16.2 Å². The molecule has 0 aliphatic heterocycles. The van der Waals surface area contributed by atoms with Gasteiger partial charge in [0.15, 0.2) is 0 Å². The number of ether oxygens (including phenoxy) is 3. The molecule has 134 valence electrons. The van der Waals surface area contributed by atoms with Crippen molar-refractivity contribution in [3.8, 4) is 17.6 Å². The van der Waals surface area contributed by atoms with Crippen molar-refractivity contribution in [2.75, 3.05) is 30.5 Å². The number of hydrogen-bond acceptors (Lipinski definition) is 6. The number of rotatable bonds is 8. The molecule has 0 saturated heterocycles. The first-order valence-electron chi connectivity index (χ1n) is 8.09. The van der Waals surface area contributed by atoms with Gasteiger partial charge in [0.2, 0.25) is 5.88 Å². The summed E-state index contributed by atoms with van der Waals surface area (Å²) in [4.78, 5) is 20.3. The highest BCUT2D eigenvalue weighted by atomic mass is 16.5. The number of nitrogens with zero attached hydrogens (tertiary/aromatic N) is 2. The van der Waals surface area contributed by atoms with E-state index in [1.165, 1.54) is 6.20 Å². The summed E-state index contributed by atoms with van der Waals surface area (Å²) in [5.41, 5.74) is 0.986. The molecule has 2 N–H and O–H groups in total. The number of urea groups is 1. The van der Waals surface area contributed by atoms with E-state index in [0.717, 1.165) is 5.75 Å². The van der Waals surface area contributed by atoms with E-state index in [4.69, 9.17) is 14.2 Å². The van der Waals surface area contributed by atoms with Gasteiger partial charge < -0.3 is 24.8 Å². The standard InChI is InChI=1S/C17H22N4O4/c1-4-23-13-9-7-12(8-10-13)19-16(22)20-14-11-18-17(25-6-3)21-15(14)24-5-2/h7-11H,4-6H2,1-3H3,(H2,19,20,22). The van der Waals surface area contributed by atoms with Gasteiger partial charge in [-0.05, 0) is 45.0 Å². The third-order valence-corrected chi connectivity index (χ3v) is 2.96. The normalized spacial score (nSPS) is 10.0. The fourth-order valence-corrected chi connectivity index (χ4v) is 1.97. The Labute approximate surface area is 146 Å². The molecule has 0 radical (unpaired) electrons. The molecule has 1 heterocycles. The Morgan fingerprint density at radius 2 is 1.64 bits per heavy atom. The zero-order chi connectivity index (χ0) is 18.1. The van der Waals surface area contributed by atoms with Crippen LogP contribution in [0.1, 0.15) is 20.8 Å². The SMILES string of the molecule is CCOc1ccc(NC(=O)Nc2cnc(OCC)nc2OCC)cc1. The van der Waals surface area contributed by atoms with E-state index >= 15 is 0 Å². The van der Waals surface area contributed by atoms with Crippen LogP contribution in [0.15, 0.2) is 30.5 Å². The first-order valence-corrected chi connectivity index (χ1v) is 8.09. The van der Waals surface area contributed by atoms with Crippen molar-refractivity contribution in [2.24, 2.45) is 0 Å². The van der Waals surface area contributed by atoms with Crippen molar-refractivity contribution < 1.29 is 19.0 Å². The second kappa shape index (κ2) is 9.31. The van der Waals surface area contributed by atoms with Gasteiger partial charge >= 0.3 is 12.0 Å². The molecule has 2 aromatic rings. The average Bonchev–Trinajstić information content (AvgIpc) is 2.60. The van der Waals surface area contributed by atoms with Crippen LogP contribution >= 0.6 is 0 Å². The summed E-state index contributed by atoms with van der Waals surface area (Å²) in [6.07, 6.45) is 1.45. The van der Waals surface area contributed by atoms with Crippen LogP contribution in [0.5, 0.6) is 17.6 Å². The minimum absolute atomic E-state index is 0.198. The maximum Gasteiger partial charge on any atom is 0.323 e. The largest absolute Gasteiger partial charge is 0.494 e. The van der Waals surface area contributed by atoms with Crippen molar-refractivity contribution in [1.82, 2.24) is 9.97 Å². The van der Waals surface area contributed by atoms with Crippen molar-refractivity contribution in [2.45, 2.75) is 20.8 Å². The van der Waals surface area contributed by atoms with Crippen molar-refractivity contribution >= 4 is 17.4 Å². The summed E-state index contributed by atoms with van der Waals surface area (Å²) < 4.78 is 16.0. The number of nitrogens with one attached hydrogen (secondary N) is 2. The Morgan fingerprint density at radius 3 is 2.28 bits per heavy atom. The average molecular weight is 346 g/mol. The molecule has 8 heteroatoms. The molecule has 0 aliphatic rings. The number of amides is 2. The van der Waals surface area contributed by atoms with E-state index in [9.17, 15) is 4.79 Å². The molecule has 2 amide bonds. The maximum absolute atomic E-state index is 12.2. The lowest BCUT2D eigenvalue weighted by atomic mass is 10.3. The van der Waals surface area contributed by atoms with E-state index in [0.29, 0.717) is 31.2 Å². The van der Waals surface area contributed by atoms with Gasteiger partial charge in [0.25, 0.3) is 0 Å². The van der Waals surface area contributed by atoms with E-state index in [2.05, 4.69) is 20.6 Å². The maximum atomic E-state index is 12.2. The zero-order valence-corrected chi connectivity index (χ0v) is 14.5. The summed E-state index contributed by atoms with van der Waals surface area (Å²) in [5, 5.41) is 5.39. The van der Waals surface area contributed by atoms with Crippen molar-refractivity contribution in [1.29, 1.82) is 0 Å². The van der Waals surface area contributed by atoms with Gasteiger partial charge in [-0.1, -0.05) is 0 Å². The minimum atomic E-state index is -0.433. The van der Waals surface area contributed by atoms with Gasteiger partial charge in [-0.25, -0.2) is 9.78 Å². The fraction of sp³-hybridized carbons (Fsp3) is 0.353. The molecular weight excluding hydrogens is 324 g/mol. The topological polar surface area (TPSA) is 94.6 Å². The summed E-state index contributed by atoms with van der Waals surface area (Å²) in [6.45, 7) is 7.00. The smallest absolute Gasteiger partial charge is 0.323 e.